The molecule has 0 radical (unpaired) electrons. The summed E-state index contributed by atoms with van der Waals surface area (Å²) in [6, 6.07) is 6.31. The Labute approximate surface area is 104 Å². The molecular weight excluding hydrogens is 212 g/mol. The predicted molar refractivity (Wildman–Crippen MR) is 71.7 cm³/mol. The predicted octanol–water partition coefficient (Wildman–Crippen LogP) is 2.18. The van der Waals surface area contributed by atoms with Crippen LogP contribution < -0.4 is 15.4 Å². The van der Waals surface area contributed by atoms with Gasteiger partial charge in [0.2, 0.25) is 0 Å². The Morgan fingerprint density at radius 3 is 2.59 bits per heavy atom. The molecule has 1 aromatic carbocycles. The van der Waals surface area contributed by atoms with E-state index in [1.807, 2.05) is 6.07 Å². The first-order chi connectivity index (χ1) is 8.10. The molecule has 2 N–H and O–H groups in total. The molecule has 0 bridgehead atoms. The van der Waals surface area contributed by atoms with Crippen molar-refractivity contribution in [1.82, 2.24) is 0 Å². The van der Waals surface area contributed by atoms with Crippen molar-refractivity contribution in [3.05, 3.63) is 23.8 Å². The van der Waals surface area contributed by atoms with Crippen molar-refractivity contribution in [3.8, 4) is 5.75 Å². The highest BCUT2D eigenvalue weighted by Crippen LogP contribution is 2.45. The first-order valence-corrected chi connectivity index (χ1v) is 6.16. The number of methoxy groups -OCH3 is 1. The fourth-order valence-electron chi connectivity index (χ4n) is 2.30. The molecule has 3 nitrogen and oxygen atoms in total. The van der Waals surface area contributed by atoms with Gasteiger partial charge in [-0.1, -0.05) is 0 Å². The van der Waals surface area contributed by atoms with E-state index >= 15 is 0 Å². The Morgan fingerprint density at radius 1 is 1.41 bits per heavy atom. The number of anilines is 1. The van der Waals surface area contributed by atoms with Crippen LogP contribution in [0.1, 0.15) is 18.4 Å². The third kappa shape index (κ3) is 2.55. The zero-order valence-corrected chi connectivity index (χ0v) is 11.0. The second kappa shape index (κ2) is 4.57. The average Bonchev–Trinajstić information content (AvgIpc) is 3.09. The van der Waals surface area contributed by atoms with Gasteiger partial charge in [-0.05, 0) is 50.1 Å². The number of ether oxygens (including phenoxy) is 1. The number of hydrogen-bond acceptors (Lipinski definition) is 3. The molecule has 1 saturated carbocycles. The van der Waals surface area contributed by atoms with Crippen molar-refractivity contribution in [1.29, 1.82) is 0 Å². The molecule has 0 heterocycles. The van der Waals surface area contributed by atoms with Crippen LogP contribution in [0, 0.1) is 12.3 Å². The number of hydrogen-bond donors (Lipinski definition) is 1. The van der Waals surface area contributed by atoms with Crippen molar-refractivity contribution in [3.63, 3.8) is 0 Å². The van der Waals surface area contributed by atoms with Gasteiger partial charge in [0, 0.05) is 24.7 Å². The van der Waals surface area contributed by atoms with E-state index in [1.165, 1.54) is 24.1 Å². The summed E-state index contributed by atoms with van der Waals surface area (Å²) in [4.78, 5) is 2.30. The van der Waals surface area contributed by atoms with Crippen molar-refractivity contribution < 1.29 is 4.74 Å². The van der Waals surface area contributed by atoms with Gasteiger partial charge in [-0.2, -0.15) is 0 Å². The Hall–Kier alpha value is -1.22. The van der Waals surface area contributed by atoms with Crippen LogP contribution in [0.5, 0.6) is 5.75 Å². The van der Waals surface area contributed by atoms with Gasteiger partial charge in [0.25, 0.3) is 0 Å². The lowest BCUT2D eigenvalue weighted by atomic mass is 10.1. The number of nitrogens with zero attached hydrogens (tertiary/aromatic N) is 1. The fourth-order valence-corrected chi connectivity index (χ4v) is 2.30. The minimum Gasteiger partial charge on any atom is -0.496 e. The molecule has 3 heteroatoms. The number of rotatable bonds is 5. The molecular formula is C14H22N2O. The molecule has 1 fully saturated rings. The normalized spacial score (nSPS) is 16.7. The zero-order valence-electron chi connectivity index (χ0n) is 11.0. The molecule has 1 aromatic rings. The van der Waals surface area contributed by atoms with Gasteiger partial charge < -0.3 is 15.4 Å². The molecule has 2 rings (SSSR count). The van der Waals surface area contributed by atoms with Crippen LogP contribution in [0.15, 0.2) is 18.2 Å². The number of nitrogens with two attached hydrogens (primary N) is 1. The minimum atomic E-state index is 0.378. The zero-order chi connectivity index (χ0) is 12.5. The molecule has 0 spiro atoms. The van der Waals surface area contributed by atoms with E-state index < -0.39 is 0 Å². The SMILES string of the molecule is COc1ccc(N(C)CC2(CN)CC2)cc1C. The summed E-state index contributed by atoms with van der Waals surface area (Å²) < 4.78 is 5.28. The lowest BCUT2D eigenvalue weighted by Crippen LogP contribution is -2.31. The average molecular weight is 234 g/mol. The molecule has 0 unspecified atom stereocenters. The fraction of sp³-hybridized carbons (Fsp3) is 0.571. The van der Waals surface area contributed by atoms with E-state index in [0.717, 1.165) is 18.8 Å². The lowest BCUT2D eigenvalue weighted by molar-refractivity contribution is 0.411. The van der Waals surface area contributed by atoms with Crippen LogP contribution in [-0.4, -0.2) is 27.2 Å². The smallest absolute Gasteiger partial charge is 0.121 e. The summed E-state index contributed by atoms with van der Waals surface area (Å²) in [6.07, 6.45) is 2.53. The lowest BCUT2D eigenvalue weighted by Gasteiger charge is -2.25. The first kappa shape index (κ1) is 12.2. The summed E-state index contributed by atoms with van der Waals surface area (Å²) >= 11 is 0. The van der Waals surface area contributed by atoms with Gasteiger partial charge in [-0.15, -0.1) is 0 Å². The Balaban J connectivity index is 2.09. The summed E-state index contributed by atoms with van der Waals surface area (Å²) in [5, 5.41) is 0. The summed E-state index contributed by atoms with van der Waals surface area (Å²) in [7, 11) is 3.84. The third-order valence-corrected chi connectivity index (χ3v) is 3.78. The molecule has 17 heavy (non-hydrogen) atoms. The van der Waals surface area contributed by atoms with Gasteiger partial charge >= 0.3 is 0 Å². The van der Waals surface area contributed by atoms with Crippen LogP contribution in [0.3, 0.4) is 0 Å². The molecule has 0 amide bonds. The van der Waals surface area contributed by atoms with Crippen molar-refractivity contribution in [2.24, 2.45) is 11.1 Å². The third-order valence-electron chi connectivity index (χ3n) is 3.78. The highest BCUT2D eigenvalue weighted by Gasteiger charge is 2.42. The molecule has 94 valence electrons. The van der Waals surface area contributed by atoms with Gasteiger partial charge in [-0.25, -0.2) is 0 Å². The van der Waals surface area contributed by atoms with Crippen LogP contribution in [0.25, 0.3) is 0 Å². The number of benzene rings is 1. The maximum Gasteiger partial charge on any atom is 0.121 e. The minimum absolute atomic E-state index is 0.378. The van der Waals surface area contributed by atoms with Crippen LogP contribution in [0.4, 0.5) is 5.69 Å². The van der Waals surface area contributed by atoms with E-state index in [-0.39, 0.29) is 0 Å². The van der Waals surface area contributed by atoms with E-state index in [9.17, 15) is 0 Å². The van der Waals surface area contributed by atoms with Gasteiger partial charge in [0.15, 0.2) is 0 Å². The van der Waals surface area contributed by atoms with Crippen molar-refractivity contribution in [2.45, 2.75) is 19.8 Å². The molecule has 0 saturated heterocycles. The van der Waals surface area contributed by atoms with Crippen LogP contribution in [-0.2, 0) is 0 Å². The standard InChI is InChI=1S/C14H22N2O/c1-11-8-12(4-5-13(11)17-3)16(2)10-14(9-15)6-7-14/h4-5,8H,6-7,9-10,15H2,1-3H3. The molecule has 0 atom stereocenters. The molecule has 0 aromatic heterocycles. The maximum absolute atomic E-state index is 5.82. The molecule has 1 aliphatic rings. The highest BCUT2D eigenvalue weighted by atomic mass is 16.5. The summed E-state index contributed by atoms with van der Waals surface area (Å²) in [5.74, 6) is 0.946. The number of aryl methyl sites for hydroxylation is 1. The Kier molecular flexibility index (Phi) is 3.29. The van der Waals surface area contributed by atoms with E-state index in [1.54, 1.807) is 7.11 Å². The largest absolute Gasteiger partial charge is 0.496 e. The second-order valence-electron chi connectivity index (χ2n) is 5.21. The van der Waals surface area contributed by atoms with Gasteiger partial charge in [-0.3, -0.25) is 0 Å². The van der Waals surface area contributed by atoms with Gasteiger partial charge in [0.05, 0.1) is 7.11 Å². The maximum atomic E-state index is 5.82. The van der Waals surface area contributed by atoms with E-state index in [4.69, 9.17) is 10.5 Å². The summed E-state index contributed by atoms with van der Waals surface area (Å²) in [5.41, 5.74) is 8.62. The van der Waals surface area contributed by atoms with E-state index in [0.29, 0.717) is 5.41 Å². The Bertz CT molecular complexity index is 399. The topological polar surface area (TPSA) is 38.5 Å². The monoisotopic (exact) mass is 234 g/mol. The van der Waals surface area contributed by atoms with Crippen LogP contribution in [0.2, 0.25) is 0 Å². The first-order valence-electron chi connectivity index (χ1n) is 6.16. The van der Waals surface area contributed by atoms with Gasteiger partial charge in [0.1, 0.15) is 5.75 Å². The molecule has 1 aliphatic carbocycles. The highest BCUT2D eigenvalue weighted by molar-refractivity contribution is 5.52. The van der Waals surface area contributed by atoms with Crippen molar-refractivity contribution in [2.75, 3.05) is 32.1 Å². The van der Waals surface area contributed by atoms with E-state index in [2.05, 4.69) is 31.0 Å². The summed E-state index contributed by atoms with van der Waals surface area (Å²) in [6.45, 7) is 3.92. The second-order valence-corrected chi connectivity index (χ2v) is 5.21. The quantitative estimate of drug-likeness (QED) is 0.848. The molecule has 0 aliphatic heterocycles. The van der Waals surface area contributed by atoms with Crippen LogP contribution >= 0.6 is 0 Å². The Morgan fingerprint density at radius 2 is 2.12 bits per heavy atom. The van der Waals surface area contributed by atoms with Crippen molar-refractivity contribution >= 4 is 5.69 Å².